The van der Waals surface area contributed by atoms with Crippen LogP contribution in [0.15, 0.2) is 75.1 Å². The number of hydrogen-bond acceptors (Lipinski definition) is 5. The van der Waals surface area contributed by atoms with Gasteiger partial charge in [-0.3, -0.25) is 14.4 Å². The van der Waals surface area contributed by atoms with Crippen molar-refractivity contribution < 1.29 is 18.8 Å². The molecule has 0 aliphatic carbocycles. The number of anilines is 2. The normalized spacial score (nSPS) is 13.8. The minimum atomic E-state index is -0.746. The summed E-state index contributed by atoms with van der Waals surface area (Å²) in [5.41, 5.74) is 1.99. The number of hydrogen-bond donors (Lipinski definition) is 2. The number of rotatable bonds is 5. The minimum Gasteiger partial charge on any atom is -0.459 e. The number of carbonyl (C=O) groups is 3. The summed E-state index contributed by atoms with van der Waals surface area (Å²) >= 11 is 1.48. The van der Waals surface area contributed by atoms with Gasteiger partial charge in [-0.05, 0) is 48.4 Å². The van der Waals surface area contributed by atoms with Crippen LogP contribution >= 0.6 is 11.8 Å². The van der Waals surface area contributed by atoms with E-state index in [9.17, 15) is 14.4 Å². The van der Waals surface area contributed by atoms with Gasteiger partial charge in [0.05, 0.1) is 17.5 Å². The maximum Gasteiger partial charge on any atom is 0.287 e. The molecule has 2 aromatic carbocycles. The molecule has 1 aliphatic rings. The quantitative estimate of drug-likeness (QED) is 0.602. The van der Waals surface area contributed by atoms with E-state index in [1.165, 1.54) is 18.0 Å². The fourth-order valence-corrected chi connectivity index (χ4v) is 4.61. The van der Waals surface area contributed by atoms with Gasteiger partial charge in [0.2, 0.25) is 5.91 Å². The lowest BCUT2D eigenvalue weighted by molar-refractivity contribution is -0.118. The average molecular weight is 450 g/mol. The minimum absolute atomic E-state index is 0.0795. The Balaban J connectivity index is 1.56. The van der Waals surface area contributed by atoms with E-state index in [1.54, 1.807) is 30.1 Å². The summed E-state index contributed by atoms with van der Waals surface area (Å²) in [4.78, 5) is 41.5. The van der Waals surface area contributed by atoms with Crippen molar-refractivity contribution in [2.45, 2.75) is 29.7 Å². The van der Waals surface area contributed by atoms with Crippen molar-refractivity contribution in [3.05, 3.63) is 72.2 Å². The molecule has 0 fully saturated rings. The Kier molecular flexibility index (Phi) is 6.05. The van der Waals surface area contributed by atoms with Crippen LogP contribution in [-0.4, -0.2) is 30.8 Å². The van der Waals surface area contributed by atoms with Gasteiger partial charge in [0, 0.05) is 22.5 Å². The number of nitrogens with one attached hydrogen (secondary N) is 2. The van der Waals surface area contributed by atoms with Crippen LogP contribution in [0, 0.1) is 5.92 Å². The zero-order chi connectivity index (χ0) is 22.8. The number of benzene rings is 2. The molecule has 0 spiro atoms. The van der Waals surface area contributed by atoms with E-state index >= 15 is 0 Å². The van der Waals surface area contributed by atoms with Gasteiger partial charge in [0.15, 0.2) is 5.76 Å². The SMILES string of the molecule is CC(C)C(NC(=O)c1ccco1)C(=O)Nc1ccc2c(c1)Sc1ccccc1C(=O)N2C. The van der Waals surface area contributed by atoms with Crippen molar-refractivity contribution in [2.75, 3.05) is 17.3 Å². The third-order valence-corrected chi connectivity index (χ3v) is 6.33. The van der Waals surface area contributed by atoms with E-state index in [0.717, 1.165) is 15.5 Å². The molecule has 1 unspecified atom stereocenters. The zero-order valence-corrected chi connectivity index (χ0v) is 18.7. The molecule has 8 heteroatoms. The fraction of sp³-hybridized carbons (Fsp3) is 0.208. The predicted octanol–water partition coefficient (Wildman–Crippen LogP) is 4.41. The number of furan rings is 1. The molecule has 0 bridgehead atoms. The summed E-state index contributed by atoms with van der Waals surface area (Å²) in [6.45, 7) is 3.72. The molecule has 0 saturated heterocycles. The number of nitrogens with zero attached hydrogens (tertiary/aromatic N) is 1. The van der Waals surface area contributed by atoms with Crippen LogP contribution in [0.5, 0.6) is 0 Å². The largest absolute Gasteiger partial charge is 0.459 e. The summed E-state index contributed by atoms with van der Waals surface area (Å²) < 4.78 is 5.12. The van der Waals surface area contributed by atoms with Crippen LogP contribution in [-0.2, 0) is 4.79 Å². The highest BCUT2D eigenvalue weighted by Crippen LogP contribution is 2.42. The summed E-state index contributed by atoms with van der Waals surface area (Å²) in [7, 11) is 1.74. The standard InChI is InChI=1S/C24H23N3O4S/c1-14(2)21(26-22(28)18-8-6-12-31-18)23(29)25-15-10-11-17-20(13-15)32-19-9-5-4-7-16(19)24(30)27(17)3/h4-14,21H,1-3H3,(H,25,29)(H,26,28). The average Bonchev–Trinajstić information content (AvgIpc) is 3.29. The first-order valence-corrected chi connectivity index (χ1v) is 11.0. The molecular weight excluding hydrogens is 426 g/mol. The third kappa shape index (κ3) is 4.27. The van der Waals surface area contributed by atoms with Crippen LogP contribution in [0.2, 0.25) is 0 Å². The first-order chi connectivity index (χ1) is 15.3. The summed E-state index contributed by atoms with van der Waals surface area (Å²) in [6.07, 6.45) is 1.41. The van der Waals surface area contributed by atoms with Gasteiger partial charge in [-0.2, -0.15) is 0 Å². The molecule has 0 saturated carbocycles. The van der Waals surface area contributed by atoms with Crippen molar-refractivity contribution in [3.8, 4) is 0 Å². The van der Waals surface area contributed by atoms with Gasteiger partial charge in [-0.25, -0.2) is 0 Å². The molecule has 3 amide bonds. The highest BCUT2D eigenvalue weighted by Gasteiger charge is 2.27. The Labute approximate surface area is 190 Å². The number of carbonyl (C=O) groups excluding carboxylic acids is 3. The van der Waals surface area contributed by atoms with Crippen LogP contribution in [0.1, 0.15) is 34.8 Å². The monoisotopic (exact) mass is 449 g/mol. The number of amides is 3. The molecule has 7 nitrogen and oxygen atoms in total. The molecule has 32 heavy (non-hydrogen) atoms. The van der Waals surface area contributed by atoms with Crippen molar-refractivity contribution in [1.29, 1.82) is 0 Å². The van der Waals surface area contributed by atoms with E-state index in [0.29, 0.717) is 11.3 Å². The molecule has 2 heterocycles. The molecule has 4 rings (SSSR count). The van der Waals surface area contributed by atoms with Crippen LogP contribution in [0.25, 0.3) is 0 Å². The van der Waals surface area contributed by atoms with E-state index in [-0.39, 0.29) is 23.5 Å². The van der Waals surface area contributed by atoms with Gasteiger partial charge in [0.1, 0.15) is 6.04 Å². The Bertz CT molecular complexity index is 1170. The molecule has 3 aromatic rings. The maximum atomic E-state index is 13.0. The van der Waals surface area contributed by atoms with E-state index in [4.69, 9.17) is 4.42 Å². The molecule has 1 atom stereocenters. The summed E-state index contributed by atoms with van der Waals surface area (Å²) in [5.74, 6) is -0.846. The molecule has 0 radical (unpaired) electrons. The fourth-order valence-electron chi connectivity index (χ4n) is 3.47. The molecule has 164 valence electrons. The van der Waals surface area contributed by atoms with Gasteiger partial charge >= 0.3 is 0 Å². The Morgan fingerprint density at radius 2 is 1.81 bits per heavy atom. The van der Waals surface area contributed by atoms with Gasteiger partial charge < -0.3 is 20.0 Å². The van der Waals surface area contributed by atoms with Crippen molar-refractivity contribution in [1.82, 2.24) is 5.32 Å². The van der Waals surface area contributed by atoms with E-state index in [2.05, 4.69) is 10.6 Å². The zero-order valence-electron chi connectivity index (χ0n) is 17.9. The van der Waals surface area contributed by atoms with Gasteiger partial charge in [-0.15, -0.1) is 0 Å². The maximum absolute atomic E-state index is 13.0. The van der Waals surface area contributed by atoms with Crippen molar-refractivity contribution in [2.24, 2.45) is 5.92 Å². The van der Waals surface area contributed by atoms with Crippen LogP contribution < -0.4 is 15.5 Å². The molecule has 1 aliphatic heterocycles. The molecule has 2 N–H and O–H groups in total. The predicted molar refractivity (Wildman–Crippen MR) is 123 cm³/mol. The first kappa shape index (κ1) is 21.7. The molecule has 1 aromatic heterocycles. The van der Waals surface area contributed by atoms with Gasteiger partial charge in [0.25, 0.3) is 11.8 Å². The van der Waals surface area contributed by atoms with E-state index < -0.39 is 11.9 Å². The smallest absolute Gasteiger partial charge is 0.287 e. The first-order valence-electron chi connectivity index (χ1n) is 10.2. The topological polar surface area (TPSA) is 91.6 Å². The van der Waals surface area contributed by atoms with Crippen molar-refractivity contribution in [3.63, 3.8) is 0 Å². The Morgan fingerprint density at radius 1 is 1.03 bits per heavy atom. The second-order valence-electron chi connectivity index (χ2n) is 7.81. The van der Waals surface area contributed by atoms with Gasteiger partial charge in [-0.1, -0.05) is 37.7 Å². The highest BCUT2D eigenvalue weighted by atomic mass is 32.2. The Morgan fingerprint density at radius 3 is 2.53 bits per heavy atom. The summed E-state index contributed by atoms with van der Waals surface area (Å²) in [6, 6.07) is 15.3. The second-order valence-corrected chi connectivity index (χ2v) is 8.89. The summed E-state index contributed by atoms with van der Waals surface area (Å²) in [5, 5.41) is 5.63. The molecular formula is C24H23N3O4S. The lowest BCUT2D eigenvalue weighted by Crippen LogP contribution is -2.47. The lowest BCUT2D eigenvalue weighted by Gasteiger charge is -2.22. The lowest BCUT2D eigenvalue weighted by atomic mass is 10.0. The van der Waals surface area contributed by atoms with Crippen molar-refractivity contribution >= 4 is 40.9 Å². The Hall–Kier alpha value is -3.52. The van der Waals surface area contributed by atoms with E-state index in [1.807, 2.05) is 50.2 Å². The van der Waals surface area contributed by atoms with Crippen LogP contribution in [0.3, 0.4) is 0 Å². The third-order valence-electron chi connectivity index (χ3n) is 5.21. The second kappa shape index (κ2) is 8.92. The highest BCUT2D eigenvalue weighted by molar-refractivity contribution is 7.99. The van der Waals surface area contributed by atoms with Crippen LogP contribution in [0.4, 0.5) is 11.4 Å². The number of fused-ring (bicyclic) bond motifs is 2.